The summed E-state index contributed by atoms with van der Waals surface area (Å²) < 4.78 is 14.0. The number of nitrogens with one attached hydrogen (secondary N) is 1. The Morgan fingerprint density at radius 3 is 2.66 bits per heavy atom. The van der Waals surface area contributed by atoms with Crippen LogP contribution in [0.25, 0.3) is 10.6 Å². The first kappa shape index (κ1) is 19.2. The second kappa shape index (κ2) is 8.08. The Kier molecular flexibility index (Phi) is 5.35. The Bertz CT molecular complexity index is 1050. The molecule has 0 radical (unpaired) electrons. The lowest BCUT2D eigenvalue weighted by molar-refractivity contribution is -0.119. The highest BCUT2D eigenvalue weighted by molar-refractivity contribution is 7.18. The van der Waals surface area contributed by atoms with Crippen molar-refractivity contribution in [2.75, 3.05) is 11.9 Å². The summed E-state index contributed by atoms with van der Waals surface area (Å²) >= 11 is 1.27. The Balaban J connectivity index is 1.47. The zero-order chi connectivity index (χ0) is 20.4. The molecule has 2 aromatic carbocycles. The summed E-state index contributed by atoms with van der Waals surface area (Å²) in [6, 6.07) is 13.0. The molecule has 1 fully saturated rings. The van der Waals surface area contributed by atoms with Gasteiger partial charge in [0.15, 0.2) is 0 Å². The largest absolute Gasteiger partial charge is 0.327 e. The molecule has 0 spiro atoms. The van der Waals surface area contributed by atoms with Crippen LogP contribution in [0.1, 0.15) is 28.8 Å². The van der Waals surface area contributed by atoms with Gasteiger partial charge in [0.25, 0.3) is 5.91 Å². The monoisotopic (exact) mass is 410 g/mol. The third kappa shape index (κ3) is 4.02. The fourth-order valence-electron chi connectivity index (χ4n) is 3.35. The standard InChI is InChI=1S/C21H19FN4O2S/c1-13-8-10-14(11-9-13)19-24-25-21(29-19)23-18(27)17-7-4-12-26(17)20(28)15-5-2-3-6-16(15)22/h2-3,5-6,8-11,17H,4,7,12H2,1H3,(H,23,25,27)/t17-/m1/s1. The van der Waals surface area contributed by atoms with Gasteiger partial charge >= 0.3 is 0 Å². The summed E-state index contributed by atoms with van der Waals surface area (Å²) in [4.78, 5) is 26.9. The van der Waals surface area contributed by atoms with Gasteiger partial charge in [-0.3, -0.25) is 14.9 Å². The van der Waals surface area contributed by atoms with Crippen molar-refractivity contribution >= 4 is 28.3 Å². The van der Waals surface area contributed by atoms with Crippen molar-refractivity contribution in [1.29, 1.82) is 0 Å². The number of halogens is 1. The Hall–Kier alpha value is -3.13. The lowest BCUT2D eigenvalue weighted by Crippen LogP contribution is -2.43. The van der Waals surface area contributed by atoms with Crippen molar-refractivity contribution < 1.29 is 14.0 Å². The third-order valence-electron chi connectivity index (χ3n) is 4.87. The fraction of sp³-hybridized carbons (Fsp3) is 0.238. The van der Waals surface area contributed by atoms with Crippen LogP contribution >= 0.6 is 11.3 Å². The van der Waals surface area contributed by atoms with Gasteiger partial charge in [-0.2, -0.15) is 0 Å². The molecular formula is C21H19FN4O2S. The van der Waals surface area contributed by atoms with Crippen LogP contribution in [0.5, 0.6) is 0 Å². The lowest BCUT2D eigenvalue weighted by atomic mass is 10.1. The predicted molar refractivity (Wildman–Crippen MR) is 109 cm³/mol. The first-order chi connectivity index (χ1) is 14.0. The number of benzene rings is 2. The molecule has 29 heavy (non-hydrogen) atoms. The Labute approximate surface area is 171 Å². The van der Waals surface area contributed by atoms with E-state index in [0.717, 1.165) is 11.1 Å². The van der Waals surface area contributed by atoms with Gasteiger partial charge in [0.2, 0.25) is 11.0 Å². The summed E-state index contributed by atoms with van der Waals surface area (Å²) in [6.07, 6.45) is 1.21. The third-order valence-corrected chi connectivity index (χ3v) is 5.76. The minimum Gasteiger partial charge on any atom is -0.327 e. The van der Waals surface area contributed by atoms with Gasteiger partial charge in [0, 0.05) is 12.1 Å². The second-order valence-electron chi connectivity index (χ2n) is 6.90. The minimum absolute atomic E-state index is 0.0234. The number of rotatable bonds is 4. The van der Waals surface area contributed by atoms with Gasteiger partial charge in [-0.05, 0) is 31.9 Å². The van der Waals surface area contributed by atoms with Crippen molar-refractivity contribution in [3.05, 3.63) is 65.5 Å². The van der Waals surface area contributed by atoms with Crippen molar-refractivity contribution in [2.45, 2.75) is 25.8 Å². The van der Waals surface area contributed by atoms with Crippen molar-refractivity contribution in [2.24, 2.45) is 0 Å². The maximum atomic E-state index is 14.0. The first-order valence-electron chi connectivity index (χ1n) is 9.30. The molecule has 0 bridgehead atoms. The fourth-order valence-corrected chi connectivity index (χ4v) is 4.10. The molecule has 1 aliphatic heterocycles. The molecule has 1 N–H and O–H groups in total. The zero-order valence-electron chi connectivity index (χ0n) is 15.8. The highest BCUT2D eigenvalue weighted by Gasteiger charge is 2.35. The molecule has 0 unspecified atom stereocenters. The molecule has 1 saturated heterocycles. The van der Waals surface area contributed by atoms with E-state index in [1.54, 1.807) is 6.07 Å². The molecule has 1 aromatic heterocycles. The van der Waals surface area contributed by atoms with E-state index in [1.807, 2.05) is 31.2 Å². The summed E-state index contributed by atoms with van der Waals surface area (Å²) in [5.41, 5.74) is 2.04. The average molecular weight is 410 g/mol. The van der Waals surface area contributed by atoms with E-state index >= 15 is 0 Å². The molecule has 2 heterocycles. The first-order valence-corrected chi connectivity index (χ1v) is 10.1. The quantitative estimate of drug-likeness (QED) is 0.708. The molecule has 6 nitrogen and oxygen atoms in total. The summed E-state index contributed by atoms with van der Waals surface area (Å²) in [6.45, 7) is 2.42. The number of aryl methyl sites for hydroxylation is 1. The second-order valence-corrected chi connectivity index (χ2v) is 7.88. The molecule has 1 aliphatic rings. The van der Waals surface area contributed by atoms with Crippen LogP contribution in [0, 0.1) is 12.7 Å². The number of hydrogen-bond donors (Lipinski definition) is 1. The van der Waals surface area contributed by atoms with Crippen LogP contribution < -0.4 is 5.32 Å². The van der Waals surface area contributed by atoms with Crippen LogP contribution in [-0.4, -0.2) is 39.5 Å². The molecule has 0 aliphatic carbocycles. The van der Waals surface area contributed by atoms with Crippen LogP contribution in [-0.2, 0) is 4.79 Å². The van der Waals surface area contributed by atoms with Crippen molar-refractivity contribution in [3.8, 4) is 10.6 Å². The molecule has 1 atom stereocenters. The number of anilines is 1. The van der Waals surface area contributed by atoms with Gasteiger partial charge in [0.05, 0.1) is 5.56 Å². The summed E-state index contributed by atoms with van der Waals surface area (Å²) in [5.74, 6) is -1.40. The SMILES string of the molecule is Cc1ccc(-c2nnc(NC(=O)[C@H]3CCCN3C(=O)c3ccccc3F)s2)cc1. The normalized spacial score (nSPS) is 16.1. The van der Waals surface area contributed by atoms with E-state index in [9.17, 15) is 14.0 Å². The molecule has 2 amide bonds. The van der Waals surface area contributed by atoms with E-state index in [-0.39, 0.29) is 11.5 Å². The molecule has 4 rings (SSSR count). The number of hydrogen-bond acceptors (Lipinski definition) is 5. The Morgan fingerprint density at radius 2 is 1.90 bits per heavy atom. The van der Waals surface area contributed by atoms with E-state index in [2.05, 4.69) is 15.5 Å². The van der Waals surface area contributed by atoms with Gasteiger partial charge in [-0.15, -0.1) is 10.2 Å². The van der Waals surface area contributed by atoms with Gasteiger partial charge in [-0.1, -0.05) is 53.3 Å². The van der Waals surface area contributed by atoms with Crippen molar-refractivity contribution in [3.63, 3.8) is 0 Å². The number of carbonyl (C=O) groups is 2. The molecular weight excluding hydrogens is 391 g/mol. The topological polar surface area (TPSA) is 75.2 Å². The number of nitrogens with zero attached hydrogens (tertiary/aromatic N) is 3. The Morgan fingerprint density at radius 1 is 1.14 bits per heavy atom. The number of aromatic nitrogens is 2. The van der Waals surface area contributed by atoms with E-state index < -0.39 is 17.8 Å². The highest BCUT2D eigenvalue weighted by atomic mass is 32.1. The molecule has 3 aromatic rings. The van der Waals surface area contributed by atoms with Crippen LogP contribution in [0.15, 0.2) is 48.5 Å². The highest BCUT2D eigenvalue weighted by Crippen LogP contribution is 2.28. The molecule has 8 heteroatoms. The van der Waals surface area contributed by atoms with Crippen LogP contribution in [0.4, 0.5) is 9.52 Å². The van der Waals surface area contributed by atoms with E-state index in [4.69, 9.17) is 0 Å². The van der Waals surface area contributed by atoms with E-state index in [1.165, 1.54) is 34.4 Å². The van der Waals surface area contributed by atoms with Crippen LogP contribution in [0.2, 0.25) is 0 Å². The maximum absolute atomic E-state index is 14.0. The number of carbonyl (C=O) groups excluding carboxylic acids is 2. The van der Waals surface area contributed by atoms with Crippen molar-refractivity contribution in [1.82, 2.24) is 15.1 Å². The molecule has 0 saturated carbocycles. The summed E-state index contributed by atoms with van der Waals surface area (Å²) in [5, 5.41) is 12.0. The molecule has 148 valence electrons. The minimum atomic E-state index is -0.658. The zero-order valence-corrected chi connectivity index (χ0v) is 16.6. The summed E-state index contributed by atoms with van der Waals surface area (Å²) in [7, 11) is 0. The van der Waals surface area contributed by atoms with Gasteiger partial charge < -0.3 is 4.90 Å². The van der Waals surface area contributed by atoms with Crippen LogP contribution in [0.3, 0.4) is 0 Å². The number of likely N-dealkylation sites (tertiary alicyclic amines) is 1. The van der Waals surface area contributed by atoms with E-state index in [0.29, 0.717) is 29.5 Å². The van der Waals surface area contributed by atoms with Gasteiger partial charge in [0.1, 0.15) is 16.9 Å². The number of amides is 2. The maximum Gasteiger partial charge on any atom is 0.257 e. The predicted octanol–water partition coefficient (Wildman–Crippen LogP) is 3.90. The van der Waals surface area contributed by atoms with Gasteiger partial charge in [-0.25, -0.2) is 4.39 Å². The smallest absolute Gasteiger partial charge is 0.257 e. The average Bonchev–Trinajstić information content (AvgIpc) is 3.38. The lowest BCUT2D eigenvalue weighted by Gasteiger charge is -2.23.